The predicted octanol–water partition coefficient (Wildman–Crippen LogP) is 1.25. The van der Waals surface area contributed by atoms with Crippen LogP contribution in [0, 0.1) is 0 Å². The normalized spacial score (nSPS) is 15.4. The van der Waals surface area contributed by atoms with Gasteiger partial charge in [0.25, 0.3) is 0 Å². The third-order valence-corrected chi connectivity index (χ3v) is 3.22. The van der Waals surface area contributed by atoms with Crippen LogP contribution in [0.5, 0.6) is 0 Å². The van der Waals surface area contributed by atoms with Gasteiger partial charge in [0.15, 0.2) is 5.16 Å². The second kappa shape index (κ2) is 5.16. The van der Waals surface area contributed by atoms with Crippen molar-refractivity contribution in [3.05, 3.63) is 12.3 Å². The van der Waals surface area contributed by atoms with E-state index in [0.717, 1.165) is 30.7 Å². The first-order valence-electron chi connectivity index (χ1n) is 5.18. The maximum absolute atomic E-state index is 10.4. The number of hydrogen-bond donors (Lipinski definition) is 1. The molecule has 86 valence electrons. The molecule has 1 aliphatic rings. The third kappa shape index (κ3) is 2.85. The van der Waals surface area contributed by atoms with E-state index < -0.39 is 5.97 Å². The maximum Gasteiger partial charge on any atom is 0.313 e. The van der Waals surface area contributed by atoms with Gasteiger partial charge in [-0.2, -0.15) is 0 Å². The number of aromatic nitrogens is 2. The van der Waals surface area contributed by atoms with Crippen LogP contribution in [0.15, 0.2) is 17.4 Å². The zero-order valence-corrected chi connectivity index (χ0v) is 9.61. The van der Waals surface area contributed by atoms with Crippen molar-refractivity contribution in [2.75, 3.05) is 23.7 Å². The number of carbonyl (C=O) groups is 1. The van der Waals surface area contributed by atoms with Crippen molar-refractivity contribution in [1.29, 1.82) is 0 Å². The molecule has 0 atom stereocenters. The largest absolute Gasteiger partial charge is 0.481 e. The molecule has 0 radical (unpaired) electrons. The van der Waals surface area contributed by atoms with Crippen molar-refractivity contribution in [1.82, 2.24) is 9.97 Å². The van der Waals surface area contributed by atoms with Crippen LogP contribution in [0.2, 0.25) is 0 Å². The third-order valence-electron chi connectivity index (χ3n) is 2.37. The van der Waals surface area contributed by atoms with Crippen molar-refractivity contribution in [2.45, 2.75) is 18.0 Å². The van der Waals surface area contributed by atoms with E-state index in [1.54, 1.807) is 6.20 Å². The van der Waals surface area contributed by atoms with Gasteiger partial charge in [-0.05, 0) is 18.9 Å². The van der Waals surface area contributed by atoms with E-state index in [9.17, 15) is 4.79 Å². The lowest BCUT2D eigenvalue weighted by Crippen LogP contribution is -2.19. The average Bonchev–Trinajstić information content (AvgIpc) is 2.80. The van der Waals surface area contributed by atoms with Gasteiger partial charge in [-0.25, -0.2) is 9.97 Å². The maximum atomic E-state index is 10.4. The van der Waals surface area contributed by atoms with Crippen LogP contribution < -0.4 is 4.90 Å². The molecular formula is C10H13N3O2S. The summed E-state index contributed by atoms with van der Waals surface area (Å²) in [5.41, 5.74) is 0. The number of carboxylic acid groups (broad SMARTS) is 1. The van der Waals surface area contributed by atoms with Crippen molar-refractivity contribution < 1.29 is 9.90 Å². The first-order chi connectivity index (χ1) is 7.75. The Bertz CT molecular complexity index is 380. The summed E-state index contributed by atoms with van der Waals surface area (Å²) < 4.78 is 0. The second-order valence-electron chi connectivity index (χ2n) is 3.57. The molecule has 2 rings (SSSR count). The molecule has 0 saturated carbocycles. The minimum absolute atomic E-state index is 0.00343. The zero-order chi connectivity index (χ0) is 11.4. The highest BCUT2D eigenvalue weighted by Gasteiger charge is 2.14. The Labute approximate surface area is 97.9 Å². The van der Waals surface area contributed by atoms with E-state index in [0.29, 0.717) is 5.16 Å². The van der Waals surface area contributed by atoms with E-state index in [1.807, 2.05) is 6.07 Å². The van der Waals surface area contributed by atoms with E-state index in [-0.39, 0.29) is 5.75 Å². The minimum Gasteiger partial charge on any atom is -0.481 e. The quantitative estimate of drug-likeness (QED) is 0.630. The van der Waals surface area contributed by atoms with Crippen molar-refractivity contribution in [2.24, 2.45) is 0 Å². The number of carboxylic acids is 1. The summed E-state index contributed by atoms with van der Waals surface area (Å²) in [7, 11) is 0. The number of rotatable bonds is 4. The second-order valence-corrected chi connectivity index (χ2v) is 4.52. The summed E-state index contributed by atoms with van der Waals surface area (Å²) in [6, 6.07) is 1.87. The number of aliphatic carboxylic acids is 1. The summed E-state index contributed by atoms with van der Waals surface area (Å²) in [5.74, 6) is 0.0595. The summed E-state index contributed by atoms with van der Waals surface area (Å²) in [6.45, 7) is 2.06. The number of hydrogen-bond acceptors (Lipinski definition) is 5. The lowest BCUT2D eigenvalue weighted by molar-refractivity contribution is -0.133. The molecule has 1 aliphatic heterocycles. The fourth-order valence-corrected chi connectivity index (χ4v) is 2.20. The van der Waals surface area contributed by atoms with Crippen LogP contribution in [-0.2, 0) is 4.79 Å². The van der Waals surface area contributed by atoms with E-state index in [1.165, 1.54) is 12.8 Å². The van der Waals surface area contributed by atoms with Gasteiger partial charge >= 0.3 is 5.97 Å². The van der Waals surface area contributed by atoms with Gasteiger partial charge in [0, 0.05) is 19.3 Å². The molecule has 16 heavy (non-hydrogen) atoms. The van der Waals surface area contributed by atoms with Crippen LogP contribution >= 0.6 is 11.8 Å². The monoisotopic (exact) mass is 239 g/mol. The summed E-state index contributed by atoms with van der Waals surface area (Å²) in [5, 5.41) is 9.10. The van der Waals surface area contributed by atoms with Gasteiger partial charge < -0.3 is 10.0 Å². The van der Waals surface area contributed by atoms with Gasteiger partial charge in [0.05, 0.1) is 5.75 Å². The highest BCUT2D eigenvalue weighted by Crippen LogP contribution is 2.20. The van der Waals surface area contributed by atoms with Gasteiger partial charge in [-0.3, -0.25) is 4.79 Å². The van der Waals surface area contributed by atoms with Gasteiger partial charge in [-0.15, -0.1) is 0 Å². The Morgan fingerprint density at radius 3 is 2.94 bits per heavy atom. The predicted molar refractivity (Wildman–Crippen MR) is 61.8 cm³/mol. The Kier molecular flexibility index (Phi) is 3.61. The zero-order valence-electron chi connectivity index (χ0n) is 8.80. The summed E-state index contributed by atoms with van der Waals surface area (Å²) in [4.78, 5) is 21.0. The molecular weight excluding hydrogens is 226 g/mol. The number of thioether (sulfide) groups is 1. The Balaban J connectivity index is 2.03. The van der Waals surface area contributed by atoms with E-state index in [4.69, 9.17) is 5.11 Å². The molecule has 0 spiro atoms. The van der Waals surface area contributed by atoms with E-state index in [2.05, 4.69) is 14.9 Å². The summed E-state index contributed by atoms with van der Waals surface area (Å²) in [6.07, 6.45) is 4.08. The van der Waals surface area contributed by atoms with Crippen molar-refractivity contribution in [3.8, 4) is 0 Å². The van der Waals surface area contributed by atoms with Crippen LogP contribution in [0.1, 0.15) is 12.8 Å². The SMILES string of the molecule is O=C(O)CSc1nccc(N2CCCC2)n1. The van der Waals surface area contributed by atoms with Crippen molar-refractivity contribution in [3.63, 3.8) is 0 Å². The Morgan fingerprint density at radius 1 is 1.50 bits per heavy atom. The molecule has 1 N–H and O–H groups in total. The highest BCUT2D eigenvalue weighted by atomic mass is 32.2. The first kappa shape index (κ1) is 11.2. The molecule has 0 unspecified atom stereocenters. The number of anilines is 1. The van der Waals surface area contributed by atoms with Crippen molar-refractivity contribution >= 4 is 23.5 Å². The fourth-order valence-electron chi connectivity index (χ4n) is 1.65. The van der Waals surface area contributed by atoms with E-state index >= 15 is 0 Å². The lowest BCUT2D eigenvalue weighted by Gasteiger charge is -2.15. The lowest BCUT2D eigenvalue weighted by atomic mass is 10.4. The van der Waals surface area contributed by atoms with Gasteiger partial charge in [0.2, 0.25) is 0 Å². The molecule has 1 aromatic rings. The van der Waals surface area contributed by atoms with Gasteiger partial charge in [-0.1, -0.05) is 11.8 Å². The molecule has 0 amide bonds. The molecule has 1 fully saturated rings. The Morgan fingerprint density at radius 2 is 2.25 bits per heavy atom. The summed E-state index contributed by atoms with van der Waals surface area (Å²) >= 11 is 1.15. The number of nitrogens with zero attached hydrogens (tertiary/aromatic N) is 3. The minimum atomic E-state index is -0.847. The molecule has 0 aromatic carbocycles. The first-order valence-corrected chi connectivity index (χ1v) is 6.17. The standard InChI is InChI=1S/C10H13N3O2S/c14-9(15)7-16-10-11-4-3-8(12-10)13-5-1-2-6-13/h3-4H,1-2,5-7H2,(H,14,15). The Hall–Kier alpha value is -1.30. The van der Waals surface area contributed by atoms with Crippen LogP contribution in [0.25, 0.3) is 0 Å². The average molecular weight is 239 g/mol. The molecule has 1 aromatic heterocycles. The molecule has 0 aliphatic carbocycles. The fraction of sp³-hybridized carbons (Fsp3) is 0.500. The topological polar surface area (TPSA) is 66.3 Å². The molecule has 6 heteroatoms. The molecule has 0 bridgehead atoms. The highest BCUT2D eigenvalue weighted by molar-refractivity contribution is 7.99. The molecule has 1 saturated heterocycles. The van der Waals surface area contributed by atoms with Crippen LogP contribution in [0.4, 0.5) is 5.82 Å². The smallest absolute Gasteiger partial charge is 0.313 e. The van der Waals surface area contributed by atoms with Gasteiger partial charge in [0.1, 0.15) is 5.82 Å². The molecule has 2 heterocycles. The van der Waals surface area contributed by atoms with Crippen LogP contribution in [0.3, 0.4) is 0 Å². The molecule has 5 nitrogen and oxygen atoms in total. The van der Waals surface area contributed by atoms with Crippen LogP contribution in [-0.4, -0.2) is 39.9 Å².